The second kappa shape index (κ2) is 5.11. The summed E-state index contributed by atoms with van der Waals surface area (Å²) in [6, 6.07) is 1.43. The van der Waals surface area contributed by atoms with Crippen molar-refractivity contribution in [3.63, 3.8) is 0 Å². The minimum absolute atomic E-state index is 0.0864. The molecule has 0 bridgehead atoms. The molecule has 1 aromatic heterocycles. The van der Waals surface area contributed by atoms with Gasteiger partial charge in [-0.2, -0.15) is 0 Å². The van der Waals surface area contributed by atoms with Gasteiger partial charge >= 0.3 is 0 Å². The van der Waals surface area contributed by atoms with E-state index in [1.807, 2.05) is 0 Å². The molecule has 0 saturated heterocycles. The molecule has 0 spiro atoms. The number of rotatable bonds is 5. The van der Waals surface area contributed by atoms with Gasteiger partial charge in [-0.15, -0.1) is 0 Å². The maximum Gasteiger partial charge on any atom is 0.273 e. The lowest BCUT2D eigenvalue weighted by Gasteiger charge is -1.96. The number of nitrogens with one attached hydrogen (secondary N) is 1. The summed E-state index contributed by atoms with van der Waals surface area (Å²) in [5.41, 5.74) is 4.94. The van der Waals surface area contributed by atoms with Gasteiger partial charge in [-0.25, -0.2) is 0 Å². The third kappa shape index (κ3) is 3.39. The van der Waals surface area contributed by atoms with Crippen molar-refractivity contribution in [2.75, 3.05) is 13.7 Å². The van der Waals surface area contributed by atoms with Crippen molar-refractivity contribution in [3.8, 4) is 0 Å². The molecule has 0 saturated carbocycles. The summed E-state index contributed by atoms with van der Waals surface area (Å²) in [7, 11) is 1.50. The number of carbonyl (C=O) groups excluding carboxylic acids is 2. The largest absolute Gasteiger partial charge is 0.377 e. The van der Waals surface area contributed by atoms with E-state index in [2.05, 4.69) is 10.5 Å². The van der Waals surface area contributed by atoms with Crippen LogP contribution in [0.3, 0.4) is 0 Å². The number of hydrogen-bond donors (Lipinski definition) is 2. The smallest absolute Gasteiger partial charge is 0.273 e. The molecule has 0 aliphatic heterocycles. The van der Waals surface area contributed by atoms with Crippen LogP contribution in [0.1, 0.15) is 16.2 Å². The Morgan fingerprint density at radius 3 is 3.00 bits per heavy atom. The van der Waals surface area contributed by atoms with Crippen LogP contribution in [0.4, 0.5) is 0 Å². The van der Waals surface area contributed by atoms with Crippen molar-refractivity contribution < 1.29 is 18.8 Å². The highest BCUT2D eigenvalue weighted by Gasteiger charge is 2.12. The fourth-order valence-electron chi connectivity index (χ4n) is 0.888. The predicted octanol–water partition coefficient (Wildman–Crippen LogP) is -0.964. The molecule has 1 rings (SSSR count). The maximum atomic E-state index is 11.3. The molecule has 7 heteroatoms. The number of aromatic nitrogens is 1. The van der Waals surface area contributed by atoms with Crippen LogP contribution in [0.15, 0.2) is 10.6 Å². The van der Waals surface area contributed by atoms with Gasteiger partial charge in [0.15, 0.2) is 11.5 Å². The van der Waals surface area contributed by atoms with Gasteiger partial charge in [0.2, 0.25) is 5.91 Å². The highest BCUT2D eigenvalue weighted by molar-refractivity contribution is 5.94. The molecule has 0 unspecified atom stereocenters. The summed E-state index contributed by atoms with van der Waals surface area (Å²) < 4.78 is 9.56. The minimum atomic E-state index is -0.621. The summed E-state index contributed by atoms with van der Waals surface area (Å²) in [6.07, 6.45) is 0. The molecule has 0 aliphatic rings. The van der Waals surface area contributed by atoms with Crippen LogP contribution in [0, 0.1) is 0 Å². The summed E-state index contributed by atoms with van der Waals surface area (Å²) >= 11 is 0. The van der Waals surface area contributed by atoms with Crippen molar-refractivity contribution >= 4 is 11.8 Å². The van der Waals surface area contributed by atoms with E-state index in [4.69, 9.17) is 15.0 Å². The average Bonchev–Trinajstić information content (AvgIpc) is 2.63. The van der Waals surface area contributed by atoms with Crippen LogP contribution in [0.25, 0.3) is 0 Å². The zero-order valence-corrected chi connectivity index (χ0v) is 8.15. The van der Waals surface area contributed by atoms with E-state index < -0.39 is 11.8 Å². The predicted molar refractivity (Wildman–Crippen MR) is 48.7 cm³/mol. The fourth-order valence-corrected chi connectivity index (χ4v) is 0.888. The number of primary amides is 1. The molecule has 1 heterocycles. The standard InChI is InChI=1S/C8H11N3O4/c1-14-4-5-2-6(11-15-5)8(13)10-3-7(9)12/h2H,3-4H2,1H3,(H2,9,12)(H,10,13). The van der Waals surface area contributed by atoms with Gasteiger partial charge in [0, 0.05) is 13.2 Å². The Hall–Kier alpha value is -1.89. The highest BCUT2D eigenvalue weighted by atomic mass is 16.5. The van der Waals surface area contributed by atoms with Gasteiger partial charge in [-0.3, -0.25) is 9.59 Å². The van der Waals surface area contributed by atoms with Gasteiger partial charge in [0.1, 0.15) is 6.61 Å². The Morgan fingerprint density at radius 2 is 2.40 bits per heavy atom. The number of nitrogens with two attached hydrogens (primary N) is 1. The highest BCUT2D eigenvalue weighted by Crippen LogP contribution is 2.04. The monoisotopic (exact) mass is 213 g/mol. The van der Waals surface area contributed by atoms with Crippen molar-refractivity contribution in [1.82, 2.24) is 10.5 Å². The van der Waals surface area contributed by atoms with Crippen molar-refractivity contribution in [3.05, 3.63) is 17.5 Å². The first-order valence-corrected chi connectivity index (χ1v) is 4.14. The quantitative estimate of drug-likeness (QED) is 0.654. The number of carbonyl (C=O) groups is 2. The molecule has 82 valence electrons. The van der Waals surface area contributed by atoms with Crippen LogP contribution in [0.2, 0.25) is 0 Å². The fraction of sp³-hybridized carbons (Fsp3) is 0.375. The molecular formula is C8H11N3O4. The Bertz CT molecular complexity index is 361. The summed E-state index contributed by atoms with van der Waals surface area (Å²) in [5, 5.41) is 5.77. The normalized spacial score (nSPS) is 9.93. The first-order chi connectivity index (χ1) is 7.13. The number of ether oxygens (including phenoxy) is 1. The summed E-state index contributed by atoms with van der Waals surface area (Å²) in [4.78, 5) is 21.7. The van der Waals surface area contributed by atoms with E-state index in [0.717, 1.165) is 0 Å². The van der Waals surface area contributed by atoms with Crippen LogP contribution in [-0.4, -0.2) is 30.6 Å². The molecule has 0 atom stereocenters. The van der Waals surface area contributed by atoms with Crippen molar-refractivity contribution in [2.45, 2.75) is 6.61 Å². The number of hydrogen-bond acceptors (Lipinski definition) is 5. The zero-order valence-electron chi connectivity index (χ0n) is 8.15. The number of nitrogens with zero attached hydrogens (tertiary/aromatic N) is 1. The lowest BCUT2D eigenvalue weighted by atomic mass is 10.3. The minimum Gasteiger partial charge on any atom is -0.377 e. The van der Waals surface area contributed by atoms with E-state index in [1.165, 1.54) is 13.2 Å². The molecule has 3 N–H and O–H groups in total. The van der Waals surface area contributed by atoms with Crippen LogP contribution in [-0.2, 0) is 16.1 Å². The molecule has 2 amide bonds. The van der Waals surface area contributed by atoms with E-state index in [-0.39, 0.29) is 18.8 Å². The van der Waals surface area contributed by atoms with Crippen molar-refractivity contribution in [2.24, 2.45) is 5.73 Å². The topological polar surface area (TPSA) is 107 Å². The molecule has 0 fully saturated rings. The molecule has 7 nitrogen and oxygen atoms in total. The summed E-state index contributed by atoms with van der Waals surface area (Å²) in [6.45, 7) is 0.00139. The molecule has 1 aromatic rings. The van der Waals surface area contributed by atoms with E-state index >= 15 is 0 Å². The second-order valence-electron chi connectivity index (χ2n) is 2.76. The lowest BCUT2D eigenvalue weighted by Crippen LogP contribution is -2.33. The SMILES string of the molecule is COCc1cc(C(=O)NCC(N)=O)no1. The Kier molecular flexibility index (Phi) is 3.81. The number of amides is 2. The average molecular weight is 213 g/mol. The Morgan fingerprint density at radius 1 is 1.67 bits per heavy atom. The first-order valence-electron chi connectivity index (χ1n) is 4.14. The Labute approximate surface area is 85.5 Å². The lowest BCUT2D eigenvalue weighted by molar-refractivity contribution is -0.117. The Balaban J connectivity index is 2.54. The van der Waals surface area contributed by atoms with Gasteiger partial charge < -0.3 is 20.3 Å². The molecule has 0 aliphatic carbocycles. The molecule has 15 heavy (non-hydrogen) atoms. The first kappa shape index (κ1) is 11.2. The molecule has 0 aromatic carbocycles. The van der Waals surface area contributed by atoms with E-state index in [1.54, 1.807) is 0 Å². The van der Waals surface area contributed by atoms with E-state index in [0.29, 0.717) is 5.76 Å². The van der Waals surface area contributed by atoms with E-state index in [9.17, 15) is 9.59 Å². The van der Waals surface area contributed by atoms with Crippen LogP contribution >= 0.6 is 0 Å². The molecular weight excluding hydrogens is 202 g/mol. The molecule has 0 radical (unpaired) electrons. The maximum absolute atomic E-state index is 11.3. The van der Waals surface area contributed by atoms with Gasteiger partial charge in [-0.1, -0.05) is 5.16 Å². The summed E-state index contributed by atoms with van der Waals surface area (Å²) in [5.74, 6) is -0.703. The van der Waals surface area contributed by atoms with Crippen molar-refractivity contribution in [1.29, 1.82) is 0 Å². The zero-order chi connectivity index (χ0) is 11.3. The van der Waals surface area contributed by atoms with Gasteiger partial charge in [0.05, 0.1) is 6.54 Å². The second-order valence-corrected chi connectivity index (χ2v) is 2.76. The van der Waals surface area contributed by atoms with Crippen LogP contribution in [0.5, 0.6) is 0 Å². The van der Waals surface area contributed by atoms with Gasteiger partial charge in [0.25, 0.3) is 5.91 Å². The van der Waals surface area contributed by atoms with Gasteiger partial charge in [-0.05, 0) is 0 Å². The van der Waals surface area contributed by atoms with Crippen LogP contribution < -0.4 is 11.1 Å². The number of methoxy groups -OCH3 is 1. The third-order valence-electron chi connectivity index (χ3n) is 1.50. The third-order valence-corrected chi connectivity index (χ3v) is 1.50.